The summed E-state index contributed by atoms with van der Waals surface area (Å²) in [5.41, 5.74) is 2.56. The van der Waals surface area contributed by atoms with Crippen molar-refractivity contribution in [2.24, 2.45) is 0 Å². The van der Waals surface area contributed by atoms with Crippen LogP contribution < -0.4 is 4.74 Å². The molecule has 0 aliphatic heterocycles. The molecule has 18 heavy (non-hydrogen) atoms. The number of nitrogens with zero attached hydrogens (tertiary/aromatic N) is 3. The maximum absolute atomic E-state index is 8.83. The summed E-state index contributed by atoms with van der Waals surface area (Å²) in [4.78, 5) is 4.47. The summed E-state index contributed by atoms with van der Waals surface area (Å²) in [6.07, 6.45) is 6.14. The van der Waals surface area contributed by atoms with Crippen LogP contribution in [0.15, 0.2) is 30.5 Å². The first-order chi connectivity index (χ1) is 8.77. The molecule has 0 aliphatic carbocycles. The van der Waals surface area contributed by atoms with Gasteiger partial charge in [-0.3, -0.25) is 4.40 Å². The fourth-order valence-electron chi connectivity index (χ4n) is 1.84. The lowest BCUT2D eigenvalue weighted by atomic mass is 10.3. The second-order valence-corrected chi connectivity index (χ2v) is 3.92. The van der Waals surface area contributed by atoms with E-state index in [2.05, 4.69) is 11.1 Å². The topological polar surface area (TPSA) is 50.3 Å². The van der Waals surface area contributed by atoms with E-state index in [1.165, 1.54) is 0 Å². The molecule has 0 bridgehead atoms. The van der Waals surface area contributed by atoms with Crippen LogP contribution in [0.1, 0.15) is 18.3 Å². The SMILES string of the molecule is C/C=C/COc1cccn2c(CC#N)c(C)nc12. The van der Waals surface area contributed by atoms with E-state index in [1.54, 1.807) is 0 Å². The zero-order valence-electron chi connectivity index (χ0n) is 10.6. The number of ether oxygens (including phenoxy) is 1. The van der Waals surface area contributed by atoms with E-state index in [-0.39, 0.29) is 0 Å². The molecule has 0 atom stereocenters. The Balaban J connectivity index is 2.44. The van der Waals surface area contributed by atoms with Crippen LogP contribution >= 0.6 is 0 Å². The van der Waals surface area contributed by atoms with E-state index in [0.29, 0.717) is 13.0 Å². The predicted molar refractivity (Wildman–Crippen MR) is 69.6 cm³/mol. The average molecular weight is 241 g/mol. The maximum atomic E-state index is 8.83. The number of allylic oxidation sites excluding steroid dienone is 1. The van der Waals surface area contributed by atoms with Gasteiger partial charge in [-0.15, -0.1) is 0 Å². The van der Waals surface area contributed by atoms with E-state index < -0.39 is 0 Å². The average Bonchev–Trinajstić information content (AvgIpc) is 2.68. The molecular weight excluding hydrogens is 226 g/mol. The second kappa shape index (κ2) is 5.37. The fourth-order valence-corrected chi connectivity index (χ4v) is 1.84. The van der Waals surface area contributed by atoms with Crippen LogP contribution in [0, 0.1) is 18.3 Å². The Morgan fingerprint density at radius 2 is 2.39 bits per heavy atom. The van der Waals surface area contributed by atoms with Crippen molar-refractivity contribution in [2.45, 2.75) is 20.3 Å². The van der Waals surface area contributed by atoms with Gasteiger partial charge in [0.15, 0.2) is 11.4 Å². The molecule has 0 saturated carbocycles. The molecule has 2 heterocycles. The highest BCUT2D eigenvalue weighted by atomic mass is 16.5. The highest BCUT2D eigenvalue weighted by Gasteiger charge is 2.11. The standard InChI is InChI=1S/C14H15N3O/c1-3-4-10-18-13-6-5-9-17-12(7-8-15)11(2)16-14(13)17/h3-6,9H,7,10H2,1-2H3/b4-3+. The Morgan fingerprint density at radius 3 is 3.11 bits per heavy atom. The minimum Gasteiger partial charge on any atom is -0.486 e. The van der Waals surface area contributed by atoms with E-state index in [4.69, 9.17) is 10.00 Å². The smallest absolute Gasteiger partial charge is 0.180 e. The van der Waals surface area contributed by atoms with Crippen LogP contribution in [0.4, 0.5) is 0 Å². The highest BCUT2D eigenvalue weighted by molar-refractivity contribution is 5.56. The third-order valence-corrected chi connectivity index (χ3v) is 2.73. The quantitative estimate of drug-likeness (QED) is 0.773. The summed E-state index contributed by atoms with van der Waals surface area (Å²) in [6.45, 7) is 4.39. The fraction of sp³-hybridized carbons (Fsp3) is 0.286. The molecule has 0 amide bonds. The van der Waals surface area contributed by atoms with E-state index in [0.717, 1.165) is 22.8 Å². The van der Waals surface area contributed by atoms with Crippen LogP contribution in [0.25, 0.3) is 5.65 Å². The van der Waals surface area contributed by atoms with E-state index in [9.17, 15) is 0 Å². The van der Waals surface area contributed by atoms with Gasteiger partial charge in [0, 0.05) is 6.20 Å². The third kappa shape index (κ3) is 2.21. The number of aryl methyl sites for hydroxylation is 1. The summed E-state index contributed by atoms with van der Waals surface area (Å²) < 4.78 is 7.57. The largest absolute Gasteiger partial charge is 0.486 e. The van der Waals surface area contributed by atoms with Gasteiger partial charge in [0.25, 0.3) is 0 Å². The Hall–Kier alpha value is -2.28. The molecule has 4 nitrogen and oxygen atoms in total. The molecule has 2 rings (SSSR count). The molecule has 0 saturated heterocycles. The van der Waals surface area contributed by atoms with Crippen LogP contribution in [-0.2, 0) is 6.42 Å². The van der Waals surface area contributed by atoms with E-state index >= 15 is 0 Å². The van der Waals surface area contributed by atoms with Crippen molar-refractivity contribution in [3.05, 3.63) is 41.9 Å². The molecule has 92 valence electrons. The van der Waals surface area contributed by atoms with E-state index in [1.807, 2.05) is 48.7 Å². The lowest BCUT2D eigenvalue weighted by Gasteiger charge is -2.05. The Labute approximate surface area is 106 Å². The number of hydrogen-bond acceptors (Lipinski definition) is 3. The minimum absolute atomic E-state index is 0.352. The molecule has 2 aromatic heterocycles. The number of rotatable bonds is 4. The van der Waals surface area contributed by atoms with Crippen molar-refractivity contribution in [2.75, 3.05) is 6.61 Å². The Bertz CT molecular complexity index is 620. The minimum atomic E-state index is 0.352. The predicted octanol–water partition coefficient (Wildman–Crippen LogP) is 2.66. The van der Waals surface area contributed by atoms with Gasteiger partial charge in [0.2, 0.25) is 0 Å². The van der Waals surface area contributed by atoms with Crippen molar-refractivity contribution in [1.82, 2.24) is 9.38 Å². The number of nitriles is 1. The van der Waals surface area contributed by atoms with Crippen LogP contribution in [-0.4, -0.2) is 16.0 Å². The first-order valence-corrected chi connectivity index (χ1v) is 5.85. The summed E-state index contributed by atoms with van der Waals surface area (Å²) >= 11 is 0. The third-order valence-electron chi connectivity index (χ3n) is 2.73. The zero-order valence-corrected chi connectivity index (χ0v) is 10.6. The van der Waals surface area contributed by atoms with Gasteiger partial charge < -0.3 is 4.74 Å². The van der Waals surface area contributed by atoms with Crippen LogP contribution in [0.3, 0.4) is 0 Å². The Kier molecular flexibility index (Phi) is 3.63. The summed E-state index contributed by atoms with van der Waals surface area (Å²) in [7, 11) is 0. The number of aromatic nitrogens is 2. The summed E-state index contributed by atoms with van der Waals surface area (Å²) in [6, 6.07) is 5.96. The molecule has 0 radical (unpaired) electrons. The maximum Gasteiger partial charge on any atom is 0.180 e. The summed E-state index contributed by atoms with van der Waals surface area (Å²) in [5, 5.41) is 8.83. The first kappa shape index (κ1) is 12.2. The van der Waals surface area contributed by atoms with Gasteiger partial charge >= 0.3 is 0 Å². The van der Waals surface area contributed by atoms with Crippen molar-refractivity contribution in [3.8, 4) is 11.8 Å². The lowest BCUT2D eigenvalue weighted by molar-refractivity contribution is 0.364. The Morgan fingerprint density at radius 1 is 1.56 bits per heavy atom. The molecule has 2 aromatic rings. The molecule has 4 heteroatoms. The molecule has 0 aromatic carbocycles. The van der Waals surface area contributed by atoms with Gasteiger partial charge in [-0.2, -0.15) is 5.26 Å². The first-order valence-electron chi connectivity index (χ1n) is 5.85. The van der Waals surface area contributed by atoms with Crippen molar-refractivity contribution in [3.63, 3.8) is 0 Å². The van der Waals surface area contributed by atoms with Crippen LogP contribution in [0.2, 0.25) is 0 Å². The molecular formula is C14H15N3O. The van der Waals surface area contributed by atoms with Gasteiger partial charge in [-0.1, -0.05) is 12.2 Å². The zero-order chi connectivity index (χ0) is 13.0. The molecule has 0 aliphatic rings. The van der Waals surface area contributed by atoms with Crippen molar-refractivity contribution in [1.29, 1.82) is 5.26 Å². The van der Waals surface area contributed by atoms with Gasteiger partial charge in [0.05, 0.1) is 23.9 Å². The van der Waals surface area contributed by atoms with Gasteiger partial charge in [-0.05, 0) is 26.0 Å². The van der Waals surface area contributed by atoms with Gasteiger partial charge in [0.1, 0.15) is 6.61 Å². The molecule has 0 unspecified atom stereocenters. The van der Waals surface area contributed by atoms with Crippen molar-refractivity contribution >= 4 is 5.65 Å². The van der Waals surface area contributed by atoms with Crippen LogP contribution in [0.5, 0.6) is 5.75 Å². The lowest BCUT2D eigenvalue weighted by Crippen LogP contribution is -1.98. The van der Waals surface area contributed by atoms with Gasteiger partial charge in [-0.25, -0.2) is 4.98 Å². The monoisotopic (exact) mass is 241 g/mol. The molecule has 0 N–H and O–H groups in total. The number of imidazole rings is 1. The summed E-state index contributed by atoms with van der Waals surface area (Å²) in [5.74, 6) is 0.739. The highest BCUT2D eigenvalue weighted by Crippen LogP contribution is 2.22. The molecule has 0 fully saturated rings. The second-order valence-electron chi connectivity index (χ2n) is 3.92. The molecule has 0 spiro atoms. The number of pyridine rings is 1. The number of hydrogen-bond donors (Lipinski definition) is 0. The normalized spacial score (nSPS) is 10.9. The van der Waals surface area contributed by atoms with Crippen molar-refractivity contribution < 1.29 is 4.74 Å². The number of fused-ring (bicyclic) bond motifs is 1.